The number of nitrogens with two attached hydrogens (primary N) is 2. The van der Waals surface area contributed by atoms with Crippen LogP contribution in [0.3, 0.4) is 0 Å². The number of thiol groups is 1. The normalized spacial score (nSPS) is 12.7. The van der Waals surface area contributed by atoms with Gasteiger partial charge >= 0.3 is 5.97 Å². The third kappa shape index (κ3) is 15.6. The van der Waals surface area contributed by atoms with Crippen molar-refractivity contribution < 1.29 is 19.1 Å². The van der Waals surface area contributed by atoms with Gasteiger partial charge in [0.15, 0.2) is 0 Å². The van der Waals surface area contributed by atoms with Crippen molar-refractivity contribution in [1.29, 1.82) is 0 Å². The summed E-state index contributed by atoms with van der Waals surface area (Å²) in [4.78, 5) is 31.6. The largest absolute Gasteiger partial charge is 0.465 e. The molecular weight excluding hydrogens is 312 g/mol. The number of carbonyl (C=O) groups excluding carboxylic acids is 3. The second-order valence-electron chi connectivity index (χ2n) is 4.27. The van der Waals surface area contributed by atoms with E-state index in [0.717, 1.165) is 0 Å². The van der Waals surface area contributed by atoms with Crippen LogP contribution in [0.15, 0.2) is 0 Å². The quantitative estimate of drug-likeness (QED) is 0.317. The first-order chi connectivity index (χ1) is 9.76. The molecule has 0 aromatic heterocycles. The Kier molecular flexibility index (Phi) is 15.5. The minimum Gasteiger partial charge on any atom is -0.465 e. The van der Waals surface area contributed by atoms with E-state index in [4.69, 9.17) is 16.2 Å². The number of rotatable bonds is 9. The van der Waals surface area contributed by atoms with Crippen molar-refractivity contribution in [2.45, 2.75) is 39.3 Å². The lowest BCUT2D eigenvalue weighted by atomic mass is 10.3. The van der Waals surface area contributed by atoms with Crippen LogP contribution in [0.5, 0.6) is 0 Å². The molecular formula is C13H26N2O4S2. The Labute approximate surface area is 136 Å². The fourth-order valence-corrected chi connectivity index (χ4v) is 1.89. The fourth-order valence-electron chi connectivity index (χ4n) is 0.773. The third-order valence-corrected chi connectivity index (χ3v) is 3.76. The molecule has 0 aliphatic rings. The molecule has 0 aliphatic heterocycles. The van der Waals surface area contributed by atoms with Gasteiger partial charge in [-0.2, -0.15) is 24.4 Å². The summed E-state index contributed by atoms with van der Waals surface area (Å²) in [6.45, 7) is 5.08. The van der Waals surface area contributed by atoms with Crippen molar-refractivity contribution in [2.75, 3.05) is 23.9 Å². The van der Waals surface area contributed by atoms with Crippen molar-refractivity contribution in [1.82, 2.24) is 0 Å². The van der Waals surface area contributed by atoms with Gasteiger partial charge in [0, 0.05) is 23.7 Å². The molecule has 0 aromatic rings. The summed E-state index contributed by atoms with van der Waals surface area (Å²) in [6.07, 6.45) is 0.400. The fraction of sp³-hybridized carbons (Fsp3) is 0.769. The molecule has 0 saturated heterocycles. The topological polar surface area (TPSA) is 112 Å². The molecule has 0 unspecified atom stereocenters. The lowest BCUT2D eigenvalue weighted by Crippen LogP contribution is -2.31. The molecule has 0 rings (SSSR count). The summed E-state index contributed by atoms with van der Waals surface area (Å²) in [6, 6.07) is -0.773. The first kappa shape index (κ1) is 22.7. The number of Topliss-reactive ketones (excluding diaryl/α,β-unsaturated/α-hetero) is 2. The molecule has 0 saturated carbocycles. The van der Waals surface area contributed by atoms with E-state index in [2.05, 4.69) is 12.6 Å². The summed E-state index contributed by atoms with van der Waals surface area (Å²) in [5.41, 5.74) is 10.7. The van der Waals surface area contributed by atoms with Crippen molar-refractivity contribution >= 4 is 41.9 Å². The number of hydrogen-bond donors (Lipinski definition) is 3. The maximum Gasteiger partial charge on any atom is 0.305 e. The summed E-state index contributed by atoms with van der Waals surface area (Å²) in [5, 5.41) is 0. The minimum absolute atomic E-state index is 0.00463. The predicted octanol–water partition coefficient (Wildman–Crippen LogP) is 0.422. The molecule has 21 heavy (non-hydrogen) atoms. The van der Waals surface area contributed by atoms with Crippen LogP contribution in [0, 0.1) is 0 Å². The zero-order valence-electron chi connectivity index (χ0n) is 12.8. The van der Waals surface area contributed by atoms with E-state index < -0.39 is 6.04 Å². The molecule has 8 heteroatoms. The molecule has 2 atom stereocenters. The van der Waals surface area contributed by atoms with Gasteiger partial charge in [-0.1, -0.05) is 6.92 Å². The Morgan fingerprint density at radius 2 is 1.67 bits per heavy atom. The Bertz CT molecular complexity index is 327. The average Bonchev–Trinajstić information content (AvgIpc) is 2.45. The number of hydrogen-bond acceptors (Lipinski definition) is 8. The molecule has 0 amide bonds. The zero-order chi connectivity index (χ0) is 16.8. The highest BCUT2D eigenvalue weighted by atomic mass is 32.2. The van der Waals surface area contributed by atoms with Crippen LogP contribution in [0.2, 0.25) is 0 Å². The number of esters is 1. The Morgan fingerprint density at radius 1 is 1.14 bits per heavy atom. The van der Waals surface area contributed by atoms with Gasteiger partial charge in [0.2, 0.25) is 0 Å². The molecule has 0 aliphatic carbocycles. The highest BCUT2D eigenvalue weighted by molar-refractivity contribution is 7.99. The number of ether oxygens (including phenoxy) is 1. The molecule has 0 spiro atoms. The first-order valence-corrected chi connectivity index (χ1v) is 8.41. The summed E-state index contributed by atoms with van der Waals surface area (Å²) < 4.78 is 4.85. The van der Waals surface area contributed by atoms with Gasteiger partial charge in [-0.15, -0.1) is 0 Å². The van der Waals surface area contributed by atoms with Gasteiger partial charge < -0.3 is 16.2 Å². The van der Waals surface area contributed by atoms with Crippen LogP contribution >= 0.6 is 24.4 Å². The zero-order valence-corrected chi connectivity index (χ0v) is 14.5. The Balaban J connectivity index is 0. The van der Waals surface area contributed by atoms with E-state index in [1.807, 2.05) is 0 Å². The lowest BCUT2D eigenvalue weighted by Gasteiger charge is -2.07. The van der Waals surface area contributed by atoms with Crippen molar-refractivity contribution in [2.24, 2.45) is 11.5 Å². The summed E-state index contributed by atoms with van der Waals surface area (Å²) in [7, 11) is 0. The number of ketones is 2. The Morgan fingerprint density at radius 3 is 2.00 bits per heavy atom. The highest BCUT2D eigenvalue weighted by Gasteiger charge is 2.07. The number of thioether (sulfide) groups is 1. The van der Waals surface area contributed by atoms with E-state index >= 15 is 0 Å². The highest BCUT2D eigenvalue weighted by Crippen LogP contribution is 2.02. The van der Waals surface area contributed by atoms with E-state index in [1.54, 1.807) is 6.92 Å². The van der Waals surface area contributed by atoms with E-state index in [1.165, 1.54) is 25.6 Å². The van der Waals surface area contributed by atoms with Crippen LogP contribution in [0.1, 0.15) is 27.2 Å². The molecule has 4 N–H and O–H groups in total. The van der Waals surface area contributed by atoms with E-state index in [0.29, 0.717) is 30.3 Å². The number of carbonyl (C=O) groups is 3. The average molecular weight is 338 g/mol. The van der Waals surface area contributed by atoms with Crippen molar-refractivity contribution in [3.8, 4) is 0 Å². The molecule has 0 bridgehead atoms. The van der Waals surface area contributed by atoms with Crippen molar-refractivity contribution in [3.63, 3.8) is 0 Å². The maximum absolute atomic E-state index is 10.7. The van der Waals surface area contributed by atoms with Crippen LogP contribution in [0.4, 0.5) is 0 Å². The summed E-state index contributed by atoms with van der Waals surface area (Å²) in [5.74, 6) is 1.50. The minimum atomic E-state index is -0.401. The van der Waals surface area contributed by atoms with E-state index in [-0.39, 0.29) is 23.6 Å². The molecule has 0 fully saturated rings. The summed E-state index contributed by atoms with van der Waals surface area (Å²) >= 11 is 5.33. The molecule has 6 nitrogen and oxygen atoms in total. The predicted molar refractivity (Wildman–Crippen MR) is 89.7 cm³/mol. The van der Waals surface area contributed by atoms with Crippen LogP contribution < -0.4 is 11.5 Å². The van der Waals surface area contributed by atoms with Gasteiger partial charge in [0.1, 0.15) is 18.2 Å². The second kappa shape index (κ2) is 14.4. The van der Waals surface area contributed by atoms with Gasteiger partial charge in [-0.25, -0.2) is 0 Å². The van der Waals surface area contributed by atoms with Crippen molar-refractivity contribution in [3.05, 3.63) is 0 Å². The lowest BCUT2D eigenvalue weighted by molar-refractivity contribution is -0.142. The second-order valence-corrected chi connectivity index (χ2v) is 5.78. The monoisotopic (exact) mass is 338 g/mol. The van der Waals surface area contributed by atoms with Crippen LogP contribution in [-0.2, 0) is 19.1 Å². The van der Waals surface area contributed by atoms with Gasteiger partial charge in [-0.05, 0) is 13.8 Å². The maximum atomic E-state index is 10.7. The van der Waals surface area contributed by atoms with Gasteiger partial charge in [0.25, 0.3) is 0 Å². The molecule has 0 heterocycles. The Hall–Kier alpha value is -0.570. The third-order valence-electron chi connectivity index (χ3n) is 2.32. The molecule has 0 radical (unpaired) electrons. The SMILES string of the molecule is CC(=O)[C@@H](N)CS.CCC(=O)OCCSC[C@H](N)C(C)=O. The van der Waals surface area contributed by atoms with Gasteiger partial charge in [0.05, 0.1) is 12.1 Å². The van der Waals surface area contributed by atoms with Crippen LogP contribution in [0.25, 0.3) is 0 Å². The van der Waals surface area contributed by atoms with E-state index in [9.17, 15) is 14.4 Å². The van der Waals surface area contributed by atoms with Gasteiger partial charge in [-0.3, -0.25) is 14.4 Å². The standard InChI is InChI=1S/C9H17NO3S.C4H9NOS/c1-3-9(12)13-4-5-14-6-8(10)7(2)11;1-3(6)4(5)2-7/h8H,3-6,10H2,1-2H3;4,7H,2,5H2,1H3/t8-;4-/m00/s1. The molecule has 0 aromatic carbocycles. The molecule has 124 valence electrons. The first-order valence-electron chi connectivity index (χ1n) is 6.62. The van der Waals surface area contributed by atoms with Crippen LogP contribution in [-0.4, -0.2) is 53.5 Å². The smallest absolute Gasteiger partial charge is 0.305 e.